The van der Waals surface area contributed by atoms with Gasteiger partial charge in [0.1, 0.15) is 0 Å². The summed E-state index contributed by atoms with van der Waals surface area (Å²) in [5.41, 5.74) is 6.72. The number of rotatable bonds is 4. The maximum absolute atomic E-state index is 9.80. The van der Waals surface area contributed by atoms with Gasteiger partial charge in [-0.3, -0.25) is 0 Å². The first-order valence-corrected chi connectivity index (χ1v) is 4.74. The molecule has 0 amide bonds. The fourth-order valence-corrected chi connectivity index (χ4v) is 1.39. The zero-order valence-electron chi connectivity index (χ0n) is 8.39. The van der Waals surface area contributed by atoms with E-state index in [4.69, 9.17) is 5.73 Å². The standard InChI is InChI=1S/C11H17NO.ClH/c1-2-6-10(12)11(13)9-7-4-3-5-8-9;/h3-5,7-8,10-11,13H,2,6,12H2,1H3;1H. The minimum absolute atomic E-state index is 0. The van der Waals surface area contributed by atoms with E-state index in [0.29, 0.717) is 0 Å². The highest BCUT2D eigenvalue weighted by molar-refractivity contribution is 5.85. The molecule has 2 atom stereocenters. The highest BCUT2D eigenvalue weighted by Crippen LogP contribution is 2.17. The van der Waals surface area contributed by atoms with Crippen molar-refractivity contribution in [2.45, 2.75) is 31.9 Å². The number of aliphatic hydroxyl groups is 1. The van der Waals surface area contributed by atoms with E-state index in [2.05, 4.69) is 6.92 Å². The highest BCUT2D eigenvalue weighted by Gasteiger charge is 2.14. The fraction of sp³-hybridized carbons (Fsp3) is 0.455. The van der Waals surface area contributed by atoms with Crippen molar-refractivity contribution in [1.29, 1.82) is 0 Å². The molecule has 0 aliphatic carbocycles. The van der Waals surface area contributed by atoms with Crippen molar-refractivity contribution in [2.24, 2.45) is 5.73 Å². The molecule has 0 aliphatic heterocycles. The second kappa shape index (κ2) is 6.82. The van der Waals surface area contributed by atoms with Crippen LogP contribution in [0.25, 0.3) is 0 Å². The summed E-state index contributed by atoms with van der Waals surface area (Å²) < 4.78 is 0. The number of aliphatic hydroxyl groups excluding tert-OH is 1. The summed E-state index contributed by atoms with van der Waals surface area (Å²) >= 11 is 0. The maximum atomic E-state index is 9.80. The first kappa shape index (κ1) is 13.4. The average Bonchev–Trinajstić information content (AvgIpc) is 2.18. The molecule has 2 unspecified atom stereocenters. The number of hydrogen-bond donors (Lipinski definition) is 2. The number of benzene rings is 1. The molecular weight excluding hydrogens is 198 g/mol. The maximum Gasteiger partial charge on any atom is 0.0940 e. The van der Waals surface area contributed by atoms with Gasteiger partial charge in [0.25, 0.3) is 0 Å². The van der Waals surface area contributed by atoms with Crippen molar-refractivity contribution in [3.05, 3.63) is 35.9 Å². The Hall–Kier alpha value is -0.570. The van der Waals surface area contributed by atoms with Gasteiger partial charge >= 0.3 is 0 Å². The largest absolute Gasteiger partial charge is 0.387 e. The first-order chi connectivity index (χ1) is 6.25. The molecule has 1 rings (SSSR count). The van der Waals surface area contributed by atoms with Crippen molar-refractivity contribution >= 4 is 12.4 Å². The third-order valence-corrected chi connectivity index (χ3v) is 2.17. The zero-order chi connectivity index (χ0) is 9.68. The lowest BCUT2D eigenvalue weighted by Gasteiger charge is -2.18. The monoisotopic (exact) mass is 215 g/mol. The van der Waals surface area contributed by atoms with Crippen molar-refractivity contribution in [3.63, 3.8) is 0 Å². The van der Waals surface area contributed by atoms with E-state index < -0.39 is 6.10 Å². The van der Waals surface area contributed by atoms with Gasteiger partial charge in [-0.15, -0.1) is 12.4 Å². The van der Waals surface area contributed by atoms with Gasteiger partial charge in [0.05, 0.1) is 6.10 Å². The lowest BCUT2D eigenvalue weighted by molar-refractivity contribution is 0.142. The number of hydrogen-bond acceptors (Lipinski definition) is 2. The van der Waals surface area contributed by atoms with Gasteiger partial charge in [-0.05, 0) is 12.0 Å². The smallest absolute Gasteiger partial charge is 0.0940 e. The molecule has 0 saturated carbocycles. The Morgan fingerprint density at radius 3 is 2.36 bits per heavy atom. The van der Waals surface area contributed by atoms with Crippen LogP contribution in [0, 0.1) is 0 Å². The summed E-state index contributed by atoms with van der Waals surface area (Å²) in [6, 6.07) is 9.42. The van der Waals surface area contributed by atoms with E-state index in [-0.39, 0.29) is 18.4 Å². The molecule has 0 saturated heterocycles. The predicted octanol–water partition coefficient (Wildman–Crippen LogP) is 2.27. The lowest BCUT2D eigenvalue weighted by Crippen LogP contribution is -2.27. The van der Waals surface area contributed by atoms with Crippen LogP contribution in [-0.4, -0.2) is 11.1 Å². The van der Waals surface area contributed by atoms with E-state index in [9.17, 15) is 5.11 Å². The highest BCUT2D eigenvalue weighted by atomic mass is 35.5. The normalized spacial score (nSPS) is 14.2. The van der Waals surface area contributed by atoms with E-state index in [0.717, 1.165) is 18.4 Å². The van der Waals surface area contributed by atoms with Crippen LogP contribution in [0.1, 0.15) is 31.4 Å². The Labute approximate surface area is 91.5 Å². The van der Waals surface area contributed by atoms with Crippen LogP contribution >= 0.6 is 12.4 Å². The molecule has 0 spiro atoms. The Morgan fingerprint density at radius 2 is 1.86 bits per heavy atom. The summed E-state index contributed by atoms with van der Waals surface area (Å²) in [5, 5.41) is 9.80. The summed E-state index contributed by atoms with van der Waals surface area (Å²) in [7, 11) is 0. The Bertz CT molecular complexity index is 240. The Kier molecular flexibility index (Phi) is 6.54. The molecule has 0 fully saturated rings. The van der Waals surface area contributed by atoms with Crippen molar-refractivity contribution in [1.82, 2.24) is 0 Å². The van der Waals surface area contributed by atoms with Crippen LogP contribution in [0.5, 0.6) is 0 Å². The molecule has 0 bridgehead atoms. The lowest BCUT2D eigenvalue weighted by atomic mass is 10.00. The second-order valence-corrected chi connectivity index (χ2v) is 3.31. The molecule has 3 N–H and O–H groups in total. The molecule has 1 aromatic carbocycles. The van der Waals surface area contributed by atoms with Gasteiger partial charge in [0, 0.05) is 6.04 Å². The van der Waals surface area contributed by atoms with Crippen LogP contribution in [0.2, 0.25) is 0 Å². The molecular formula is C11H18ClNO. The first-order valence-electron chi connectivity index (χ1n) is 4.74. The molecule has 0 heterocycles. The van der Waals surface area contributed by atoms with E-state index in [1.165, 1.54) is 0 Å². The van der Waals surface area contributed by atoms with E-state index >= 15 is 0 Å². The van der Waals surface area contributed by atoms with Gasteiger partial charge in [-0.2, -0.15) is 0 Å². The third-order valence-electron chi connectivity index (χ3n) is 2.17. The molecule has 1 aromatic rings. The minimum atomic E-state index is -0.527. The van der Waals surface area contributed by atoms with Gasteiger partial charge in [0.2, 0.25) is 0 Å². The van der Waals surface area contributed by atoms with Gasteiger partial charge < -0.3 is 10.8 Å². The average molecular weight is 216 g/mol. The van der Waals surface area contributed by atoms with Crippen LogP contribution < -0.4 is 5.73 Å². The molecule has 0 radical (unpaired) electrons. The van der Waals surface area contributed by atoms with Gasteiger partial charge in [-0.1, -0.05) is 43.7 Å². The Morgan fingerprint density at radius 1 is 1.29 bits per heavy atom. The van der Waals surface area contributed by atoms with Gasteiger partial charge in [-0.25, -0.2) is 0 Å². The van der Waals surface area contributed by atoms with Crippen molar-refractivity contribution < 1.29 is 5.11 Å². The summed E-state index contributed by atoms with van der Waals surface area (Å²) in [5.74, 6) is 0. The summed E-state index contributed by atoms with van der Waals surface area (Å²) in [4.78, 5) is 0. The quantitative estimate of drug-likeness (QED) is 0.810. The van der Waals surface area contributed by atoms with Crippen molar-refractivity contribution in [3.8, 4) is 0 Å². The fourth-order valence-electron chi connectivity index (χ4n) is 1.39. The molecule has 0 aliphatic rings. The molecule has 80 valence electrons. The van der Waals surface area contributed by atoms with Crippen LogP contribution in [0.4, 0.5) is 0 Å². The topological polar surface area (TPSA) is 46.2 Å². The number of nitrogens with two attached hydrogens (primary N) is 1. The van der Waals surface area contributed by atoms with Crippen LogP contribution in [0.15, 0.2) is 30.3 Å². The zero-order valence-corrected chi connectivity index (χ0v) is 9.20. The molecule has 14 heavy (non-hydrogen) atoms. The predicted molar refractivity (Wildman–Crippen MR) is 61.5 cm³/mol. The van der Waals surface area contributed by atoms with Crippen LogP contribution in [0.3, 0.4) is 0 Å². The van der Waals surface area contributed by atoms with Crippen molar-refractivity contribution in [2.75, 3.05) is 0 Å². The molecule has 0 aromatic heterocycles. The van der Waals surface area contributed by atoms with E-state index in [1.54, 1.807) is 0 Å². The third kappa shape index (κ3) is 3.66. The summed E-state index contributed by atoms with van der Waals surface area (Å²) in [6.45, 7) is 2.07. The number of halogens is 1. The molecule has 3 heteroatoms. The van der Waals surface area contributed by atoms with E-state index in [1.807, 2.05) is 30.3 Å². The SMILES string of the molecule is CCCC(N)C(O)c1ccccc1.Cl. The second-order valence-electron chi connectivity index (χ2n) is 3.31. The van der Waals surface area contributed by atoms with Gasteiger partial charge in [0.15, 0.2) is 0 Å². The summed E-state index contributed by atoms with van der Waals surface area (Å²) in [6.07, 6.45) is 1.34. The molecule has 2 nitrogen and oxygen atoms in total. The minimum Gasteiger partial charge on any atom is -0.387 e. The van der Waals surface area contributed by atoms with Crippen LogP contribution in [-0.2, 0) is 0 Å². The Balaban J connectivity index is 0.00000169.